The van der Waals surface area contributed by atoms with Crippen LogP contribution < -0.4 is 10.2 Å². The lowest BCUT2D eigenvalue weighted by Gasteiger charge is -2.25. The molecule has 0 radical (unpaired) electrons. The van der Waals surface area contributed by atoms with Gasteiger partial charge in [0.2, 0.25) is 10.3 Å². The van der Waals surface area contributed by atoms with Crippen molar-refractivity contribution in [1.29, 1.82) is 0 Å². The van der Waals surface area contributed by atoms with Crippen molar-refractivity contribution in [3.63, 3.8) is 0 Å². The zero-order valence-electron chi connectivity index (χ0n) is 13.8. The van der Waals surface area contributed by atoms with E-state index < -0.39 is 0 Å². The summed E-state index contributed by atoms with van der Waals surface area (Å²) >= 11 is 1.56. The van der Waals surface area contributed by atoms with Gasteiger partial charge >= 0.3 is 0 Å². The zero-order valence-corrected chi connectivity index (χ0v) is 14.6. The molecule has 1 aliphatic heterocycles. The van der Waals surface area contributed by atoms with Crippen molar-refractivity contribution >= 4 is 22.4 Å². The minimum Gasteiger partial charge on any atom is -0.348 e. The summed E-state index contributed by atoms with van der Waals surface area (Å²) < 4.78 is 1.86. The fourth-order valence-corrected chi connectivity index (χ4v) is 4.48. The lowest BCUT2D eigenvalue weighted by Crippen LogP contribution is -2.33. The standard InChI is InChI=1S/C17H23N5OS/c23-15(18-13-7-2-3-8-13)14-9-6-12-22(14)17-20-19-16(24-17)21-10-4-1-5-11-21/h6,9,12-13H,1-5,7-8,10-11H2,(H,18,23). The van der Waals surface area contributed by atoms with Crippen LogP contribution in [0.1, 0.15) is 55.4 Å². The van der Waals surface area contributed by atoms with Crippen molar-refractivity contribution in [2.24, 2.45) is 0 Å². The molecule has 6 nitrogen and oxygen atoms in total. The highest BCUT2D eigenvalue weighted by atomic mass is 32.1. The molecule has 2 fully saturated rings. The molecule has 0 spiro atoms. The fraction of sp³-hybridized carbons (Fsp3) is 0.588. The first-order valence-corrected chi connectivity index (χ1v) is 9.70. The molecule has 1 N–H and O–H groups in total. The van der Waals surface area contributed by atoms with Gasteiger partial charge in [-0.1, -0.05) is 24.2 Å². The summed E-state index contributed by atoms with van der Waals surface area (Å²) in [6.07, 6.45) is 10.2. The number of nitrogens with zero attached hydrogens (tertiary/aromatic N) is 4. The molecule has 2 aromatic rings. The number of amides is 1. The first kappa shape index (κ1) is 15.6. The Morgan fingerprint density at radius 3 is 2.62 bits per heavy atom. The molecule has 0 atom stereocenters. The molecule has 0 bridgehead atoms. The molecule has 3 heterocycles. The van der Waals surface area contributed by atoms with Gasteiger partial charge in [-0.2, -0.15) is 0 Å². The highest BCUT2D eigenvalue weighted by Gasteiger charge is 2.22. The van der Waals surface area contributed by atoms with E-state index in [2.05, 4.69) is 20.4 Å². The molecule has 1 saturated carbocycles. The average molecular weight is 345 g/mol. The van der Waals surface area contributed by atoms with Gasteiger partial charge in [-0.05, 0) is 44.2 Å². The SMILES string of the molecule is O=C(NC1CCCC1)c1cccn1-c1nnc(N2CCCCC2)s1. The second kappa shape index (κ2) is 6.93. The summed E-state index contributed by atoms with van der Waals surface area (Å²) in [7, 11) is 0. The van der Waals surface area contributed by atoms with Gasteiger partial charge in [0, 0.05) is 25.3 Å². The molecule has 0 unspecified atom stereocenters. The van der Waals surface area contributed by atoms with Gasteiger partial charge in [-0.25, -0.2) is 0 Å². The molecule has 0 aromatic carbocycles. The van der Waals surface area contributed by atoms with Crippen LogP contribution in [0, 0.1) is 0 Å². The van der Waals surface area contributed by atoms with Crippen LogP contribution >= 0.6 is 11.3 Å². The van der Waals surface area contributed by atoms with E-state index in [0.29, 0.717) is 11.7 Å². The third-order valence-electron chi connectivity index (χ3n) is 4.91. The van der Waals surface area contributed by atoms with Crippen LogP contribution in [0.2, 0.25) is 0 Å². The Morgan fingerprint density at radius 2 is 1.83 bits per heavy atom. The molecule has 128 valence electrons. The van der Waals surface area contributed by atoms with Crippen LogP contribution in [0.25, 0.3) is 5.13 Å². The minimum atomic E-state index is -0.0124. The summed E-state index contributed by atoms with van der Waals surface area (Å²) in [5.74, 6) is -0.0124. The molecule has 24 heavy (non-hydrogen) atoms. The number of carbonyl (C=O) groups excluding carboxylic acids is 1. The lowest BCUT2D eigenvalue weighted by molar-refractivity contribution is 0.0931. The Hall–Kier alpha value is -1.89. The normalized spacial score (nSPS) is 18.9. The van der Waals surface area contributed by atoms with Crippen molar-refractivity contribution < 1.29 is 4.79 Å². The van der Waals surface area contributed by atoms with E-state index in [4.69, 9.17) is 0 Å². The summed E-state index contributed by atoms with van der Waals surface area (Å²) in [6, 6.07) is 4.07. The second-order valence-corrected chi connectivity index (χ2v) is 7.57. The topological polar surface area (TPSA) is 63.1 Å². The van der Waals surface area contributed by atoms with E-state index in [1.807, 2.05) is 22.9 Å². The quantitative estimate of drug-likeness (QED) is 0.925. The predicted octanol–water partition coefficient (Wildman–Crippen LogP) is 2.99. The molecule has 7 heteroatoms. The van der Waals surface area contributed by atoms with Crippen molar-refractivity contribution in [2.75, 3.05) is 18.0 Å². The highest BCUT2D eigenvalue weighted by molar-refractivity contribution is 7.17. The van der Waals surface area contributed by atoms with Crippen molar-refractivity contribution in [3.05, 3.63) is 24.0 Å². The van der Waals surface area contributed by atoms with Gasteiger partial charge in [0.15, 0.2) is 0 Å². The highest BCUT2D eigenvalue weighted by Crippen LogP contribution is 2.27. The Morgan fingerprint density at radius 1 is 1.08 bits per heavy atom. The van der Waals surface area contributed by atoms with Crippen molar-refractivity contribution in [1.82, 2.24) is 20.1 Å². The smallest absolute Gasteiger partial charge is 0.268 e. The van der Waals surface area contributed by atoms with E-state index >= 15 is 0 Å². The van der Waals surface area contributed by atoms with Crippen molar-refractivity contribution in [2.45, 2.75) is 51.0 Å². The number of rotatable bonds is 4. The largest absolute Gasteiger partial charge is 0.348 e. The summed E-state index contributed by atoms with van der Waals surface area (Å²) in [5, 5.41) is 13.5. The van der Waals surface area contributed by atoms with Gasteiger partial charge in [-0.15, -0.1) is 10.2 Å². The van der Waals surface area contributed by atoms with Crippen LogP contribution in [-0.4, -0.2) is 39.8 Å². The molecular formula is C17H23N5OS. The average Bonchev–Trinajstić information content (AvgIpc) is 3.36. The third kappa shape index (κ3) is 3.17. The van der Waals surface area contributed by atoms with Crippen LogP contribution in [0.15, 0.2) is 18.3 Å². The molecule has 1 saturated heterocycles. The van der Waals surface area contributed by atoms with Crippen LogP contribution in [0.4, 0.5) is 5.13 Å². The number of aromatic nitrogens is 3. The van der Waals surface area contributed by atoms with Gasteiger partial charge in [-0.3, -0.25) is 9.36 Å². The van der Waals surface area contributed by atoms with E-state index in [-0.39, 0.29) is 5.91 Å². The zero-order chi connectivity index (χ0) is 16.4. The number of hydrogen-bond acceptors (Lipinski definition) is 5. The monoisotopic (exact) mass is 345 g/mol. The minimum absolute atomic E-state index is 0.0124. The maximum absolute atomic E-state index is 12.6. The number of anilines is 1. The molecule has 2 aromatic heterocycles. The number of hydrogen-bond donors (Lipinski definition) is 1. The maximum atomic E-state index is 12.6. The third-order valence-corrected chi connectivity index (χ3v) is 5.89. The van der Waals surface area contributed by atoms with E-state index in [9.17, 15) is 4.79 Å². The lowest BCUT2D eigenvalue weighted by atomic mass is 10.1. The molecule has 4 rings (SSSR count). The second-order valence-electron chi connectivity index (χ2n) is 6.63. The van der Waals surface area contributed by atoms with Crippen LogP contribution in [0.3, 0.4) is 0 Å². The van der Waals surface area contributed by atoms with E-state index in [0.717, 1.165) is 36.2 Å². The van der Waals surface area contributed by atoms with Gasteiger partial charge in [0.25, 0.3) is 5.91 Å². The summed E-state index contributed by atoms with van der Waals surface area (Å²) in [4.78, 5) is 14.9. The Labute approximate surface area is 145 Å². The Bertz CT molecular complexity index is 697. The van der Waals surface area contributed by atoms with Crippen LogP contribution in [0.5, 0.6) is 0 Å². The maximum Gasteiger partial charge on any atom is 0.268 e. The Balaban J connectivity index is 1.51. The summed E-state index contributed by atoms with van der Waals surface area (Å²) in [5.41, 5.74) is 0.642. The van der Waals surface area contributed by atoms with E-state index in [1.165, 1.54) is 32.1 Å². The molecule has 2 aliphatic rings. The van der Waals surface area contributed by atoms with Crippen molar-refractivity contribution in [3.8, 4) is 5.13 Å². The number of nitrogens with one attached hydrogen (secondary N) is 1. The number of piperidine rings is 1. The van der Waals surface area contributed by atoms with Gasteiger partial charge in [0.05, 0.1) is 0 Å². The Kier molecular flexibility index (Phi) is 4.51. The first-order chi connectivity index (χ1) is 11.8. The molecule has 1 aliphatic carbocycles. The van der Waals surface area contributed by atoms with E-state index in [1.54, 1.807) is 11.3 Å². The first-order valence-electron chi connectivity index (χ1n) is 8.88. The fourth-order valence-electron chi connectivity index (χ4n) is 3.58. The molecule has 1 amide bonds. The summed E-state index contributed by atoms with van der Waals surface area (Å²) in [6.45, 7) is 2.10. The van der Waals surface area contributed by atoms with Gasteiger partial charge in [0.1, 0.15) is 5.69 Å². The predicted molar refractivity (Wildman–Crippen MR) is 95.0 cm³/mol. The van der Waals surface area contributed by atoms with Gasteiger partial charge < -0.3 is 10.2 Å². The molecular weight excluding hydrogens is 322 g/mol. The van der Waals surface area contributed by atoms with Crippen LogP contribution in [-0.2, 0) is 0 Å². The number of carbonyl (C=O) groups is 1.